The molecule has 0 bridgehead atoms. The Labute approximate surface area is 112 Å². The van der Waals surface area contributed by atoms with Crippen molar-refractivity contribution in [3.05, 3.63) is 11.3 Å². The first-order chi connectivity index (χ1) is 8.72. The van der Waals surface area contributed by atoms with Gasteiger partial charge in [-0.25, -0.2) is 0 Å². The van der Waals surface area contributed by atoms with Gasteiger partial charge in [0.2, 0.25) is 0 Å². The van der Waals surface area contributed by atoms with Crippen molar-refractivity contribution < 1.29 is 4.79 Å². The van der Waals surface area contributed by atoms with E-state index in [1.807, 2.05) is 14.0 Å². The fourth-order valence-electron chi connectivity index (χ4n) is 2.59. The minimum Gasteiger partial charge on any atom is -0.378 e. The summed E-state index contributed by atoms with van der Waals surface area (Å²) >= 11 is 1.34. The highest BCUT2D eigenvalue weighted by atomic mass is 32.1. The van der Waals surface area contributed by atoms with Crippen LogP contribution in [0.5, 0.6) is 0 Å². The molecular weight excluding hydrogens is 246 g/mol. The second-order valence-corrected chi connectivity index (χ2v) is 5.69. The van der Waals surface area contributed by atoms with E-state index in [-0.39, 0.29) is 5.91 Å². The largest absolute Gasteiger partial charge is 0.378 e. The lowest BCUT2D eigenvalue weighted by atomic mass is 10.0. The molecule has 1 heterocycles. The molecule has 1 fully saturated rings. The number of anilines is 1. The van der Waals surface area contributed by atoms with Crippen LogP contribution in [0, 0.1) is 12.8 Å². The van der Waals surface area contributed by atoms with E-state index in [0.717, 1.165) is 29.6 Å². The predicted octanol–water partition coefficient (Wildman–Crippen LogP) is 2.80. The number of amides is 1. The van der Waals surface area contributed by atoms with Crippen LogP contribution in [0.15, 0.2) is 0 Å². The van der Waals surface area contributed by atoms with Gasteiger partial charge in [-0.05, 0) is 30.8 Å². The first-order valence-electron chi connectivity index (χ1n) is 6.64. The van der Waals surface area contributed by atoms with Crippen molar-refractivity contribution in [1.29, 1.82) is 0 Å². The predicted molar refractivity (Wildman–Crippen MR) is 75.3 cm³/mol. The van der Waals surface area contributed by atoms with E-state index in [1.165, 1.54) is 37.2 Å². The van der Waals surface area contributed by atoms with Crippen LogP contribution in [0.4, 0.5) is 5.00 Å². The van der Waals surface area contributed by atoms with Crippen LogP contribution < -0.4 is 10.6 Å². The van der Waals surface area contributed by atoms with Crippen LogP contribution in [0.25, 0.3) is 0 Å². The maximum atomic E-state index is 12.1. The molecule has 0 spiro atoms. The van der Waals surface area contributed by atoms with E-state index in [1.54, 1.807) is 0 Å². The highest BCUT2D eigenvalue weighted by Crippen LogP contribution is 2.27. The minimum absolute atomic E-state index is 0.00333. The summed E-state index contributed by atoms with van der Waals surface area (Å²) in [5.41, 5.74) is 1.51. The summed E-state index contributed by atoms with van der Waals surface area (Å²) in [5.74, 6) is 0.819. The summed E-state index contributed by atoms with van der Waals surface area (Å²) in [6, 6.07) is 0. The lowest BCUT2D eigenvalue weighted by molar-refractivity contribution is 0.0952. The van der Waals surface area contributed by atoms with Crippen molar-refractivity contribution in [1.82, 2.24) is 9.69 Å². The van der Waals surface area contributed by atoms with E-state index in [4.69, 9.17) is 0 Å². The van der Waals surface area contributed by atoms with Crippen LogP contribution in [0.3, 0.4) is 0 Å². The van der Waals surface area contributed by atoms with Crippen molar-refractivity contribution in [3.63, 3.8) is 0 Å². The molecule has 2 rings (SSSR count). The molecule has 1 aliphatic rings. The van der Waals surface area contributed by atoms with Gasteiger partial charge in [0.05, 0.1) is 11.3 Å². The van der Waals surface area contributed by atoms with Crippen molar-refractivity contribution in [3.8, 4) is 0 Å². The van der Waals surface area contributed by atoms with Gasteiger partial charge in [-0.3, -0.25) is 4.79 Å². The van der Waals surface area contributed by atoms with Crippen LogP contribution >= 0.6 is 11.5 Å². The molecule has 2 N–H and O–H groups in total. The van der Waals surface area contributed by atoms with Gasteiger partial charge >= 0.3 is 0 Å². The summed E-state index contributed by atoms with van der Waals surface area (Å²) in [6.07, 6.45) is 6.48. The maximum Gasteiger partial charge on any atom is 0.256 e. The number of hydrogen-bond donors (Lipinski definition) is 2. The Hall–Kier alpha value is -1.10. The zero-order valence-electron chi connectivity index (χ0n) is 11.1. The molecule has 0 radical (unpaired) electrons. The zero-order chi connectivity index (χ0) is 13.0. The van der Waals surface area contributed by atoms with E-state index in [0.29, 0.717) is 5.56 Å². The Bertz CT molecular complexity index is 410. The minimum atomic E-state index is 0.00333. The molecule has 0 unspecified atom stereocenters. The van der Waals surface area contributed by atoms with Gasteiger partial charge in [0.25, 0.3) is 5.91 Å². The number of nitrogens with one attached hydrogen (secondary N) is 2. The highest BCUT2D eigenvalue weighted by molar-refractivity contribution is 7.10. The molecule has 0 aliphatic heterocycles. The second kappa shape index (κ2) is 6.18. The van der Waals surface area contributed by atoms with Gasteiger partial charge in [0.1, 0.15) is 5.00 Å². The Morgan fingerprint density at radius 1 is 1.44 bits per heavy atom. The van der Waals surface area contributed by atoms with Gasteiger partial charge in [-0.15, -0.1) is 0 Å². The quantitative estimate of drug-likeness (QED) is 0.862. The third-order valence-corrected chi connectivity index (χ3v) is 4.59. The maximum absolute atomic E-state index is 12.1. The van der Waals surface area contributed by atoms with Crippen molar-refractivity contribution in [2.45, 2.75) is 39.0 Å². The van der Waals surface area contributed by atoms with Crippen LogP contribution in [-0.2, 0) is 0 Å². The van der Waals surface area contributed by atoms with Gasteiger partial charge in [-0.1, -0.05) is 25.7 Å². The first kappa shape index (κ1) is 13.3. The van der Waals surface area contributed by atoms with Crippen LogP contribution in [0.2, 0.25) is 0 Å². The standard InChI is InChI=1S/C13H21N3OS/c1-9-11(13(14-2)18-16-9)12(17)15-8-7-10-5-3-4-6-10/h10,14H,3-8H2,1-2H3,(H,15,17). The third kappa shape index (κ3) is 3.02. The Balaban J connectivity index is 1.85. The summed E-state index contributed by atoms with van der Waals surface area (Å²) in [5, 5.41) is 6.89. The normalized spacial score (nSPS) is 15.9. The number of rotatable bonds is 5. The molecule has 4 nitrogen and oxygen atoms in total. The van der Waals surface area contributed by atoms with Crippen molar-refractivity contribution >= 4 is 22.4 Å². The molecule has 18 heavy (non-hydrogen) atoms. The molecule has 100 valence electrons. The summed E-state index contributed by atoms with van der Waals surface area (Å²) < 4.78 is 4.21. The molecule has 1 aromatic heterocycles. The molecule has 0 atom stereocenters. The van der Waals surface area contributed by atoms with E-state index in [9.17, 15) is 4.79 Å². The Morgan fingerprint density at radius 2 is 2.17 bits per heavy atom. The fourth-order valence-corrected chi connectivity index (χ4v) is 3.33. The summed E-state index contributed by atoms with van der Waals surface area (Å²) in [4.78, 5) is 12.1. The molecule has 0 aromatic carbocycles. The second-order valence-electron chi connectivity index (χ2n) is 4.92. The number of aryl methyl sites for hydroxylation is 1. The van der Waals surface area contributed by atoms with Gasteiger partial charge < -0.3 is 10.6 Å². The first-order valence-corrected chi connectivity index (χ1v) is 7.42. The number of nitrogens with zero attached hydrogens (tertiary/aromatic N) is 1. The molecule has 5 heteroatoms. The summed E-state index contributed by atoms with van der Waals surface area (Å²) in [7, 11) is 1.82. The zero-order valence-corrected chi connectivity index (χ0v) is 11.9. The van der Waals surface area contributed by atoms with Crippen molar-refractivity contribution in [2.24, 2.45) is 5.92 Å². The van der Waals surface area contributed by atoms with E-state index < -0.39 is 0 Å². The Morgan fingerprint density at radius 3 is 2.83 bits per heavy atom. The van der Waals surface area contributed by atoms with Crippen molar-refractivity contribution in [2.75, 3.05) is 18.9 Å². The van der Waals surface area contributed by atoms with Crippen LogP contribution in [-0.4, -0.2) is 23.9 Å². The number of carbonyl (C=O) groups excluding carboxylic acids is 1. The van der Waals surface area contributed by atoms with E-state index in [2.05, 4.69) is 15.0 Å². The number of carbonyl (C=O) groups is 1. The average molecular weight is 267 g/mol. The lowest BCUT2D eigenvalue weighted by Gasteiger charge is -2.10. The molecule has 1 aromatic rings. The smallest absolute Gasteiger partial charge is 0.256 e. The van der Waals surface area contributed by atoms with Gasteiger partial charge in [0.15, 0.2) is 0 Å². The average Bonchev–Trinajstić information content (AvgIpc) is 2.98. The molecule has 1 amide bonds. The topological polar surface area (TPSA) is 54.0 Å². The molecular formula is C13H21N3OS. The lowest BCUT2D eigenvalue weighted by Crippen LogP contribution is -2.26. The third-order valence-electron chi connectivity index (χ3n) is 3.63. The molecule has 1 aliphatic carbocycles. The molecule has 0 saturated heterocycles. The Kier molecular flexibility index (Phi) is 4.58. The molecule has 1 saturated carbocycles. The van der Waals surface area contributed by atoms with Gasteiger partial charge in [0, 0.05) is 13.6 Å². The number of aromatic nitrogens is 1. The van der Waals surface area contributed by atoms with Gasteiger partial charge in [-0.2, -0.15) is 4.37 Å². The van der Waals surface area contributed by atoms with E-state index >= 15 is 0 Å². The SMILES string of the molecule is CNc1snc(C)c1C(=O)NCCC1CCCC1. The number of hydrogen-bond acceptors (Lipinski definition) is 4. The highest BCUT2D eigenvalue weighted by Gasteiger charge is 2.18. The monoisotopic (exact) mass is 267 g/mol. The summed E-state index contributed by atoms with van der Waals surface area (Å²) in [6.45, 7) is 2.66. The fraction of sp³-hybridized carbons (Fsp3) is 0.692. The van der Waals surface area contributed by atoms with Crippen LogP contribution in [0.1, 0.15) is 48.2 Å².